The Morgan fingerprint density at radius 3 is 2.33 bits per heavy atom. The van der Waals surface area contributed by atoms with Crippen LogP contribution < -0.4 is 10.2 Å². The Morgan fingerprint density at radius 2 is 1.67 bits per heavy atom. The summed E-state index contributed by atoms with van der Waals surface area (Å²) in [5, 5.41) is 3.06. The average Bonchev–Trinajstić information content (AvgIpc) is 3.47. The molecule has 3 aromatic rings. The Hall–Kier alpha value is -3.41. The van der Waals surface area contributed by atoms with Gasteiger partial charge in [0.25, 0.3) is 5.91 Å². The van der Waals surface area contributed by atoms with Crippen LogP contribution in [0.25, 0.3) is 0 Å². The summed E-state index contributed by atoms with van der Waals surface area (Å²) >= 11 is 0. The number of amides is 2. The fourth-order valence-corrected chi connectivity index (χ4v) is 3.94. The molecule has 5 nitrogen and oxygen atoms in total. The van der Waals surface area contributed by atoms with E-state index in [1.807, 2.05) is 6.07 Å². The van der Waals surface area contributed by atoms with E-state index in [4.69, 9.17) is 4.42 Å². The number of carbonyl (C=O) groups is 2. The van der Waals surface area contributed by atoms with E-state index in [0.717, 1.165) is 25.7 Å². The lowest BCUT2D eigenvalue weighted by Crippen LogP contribution is -2.46. The first-order valence-corrected chi connectivity index (χ1v) is 10.1. The van der Waals surface area contributed by atoms with Crippen LogP contribution in [0.2, 0.25) is 0 Å². The van der Waals surface area contributed by atoms with E-state index < -0.39 is 17.8 Å². The largest absolute Gasteiger partial charge is 0.459 e. The molecule has 154 valence electrons. The molecule has 1 N–H and O–H groups in total. The molecule has 1 aliphatic rings. The van der Waals surface area contributed by atoms with Crippen LogP contribution in [0.4, 0.5) is 10.1 Å². The zero-order valence-electron chi connectivity index (χ0n) is 16.5. The molecule has 0 bridgehead atoms. The molecule has 1 heterocycles. The van der Waals surface area contributed by atoms with Crippen LogP contribution in [0.15, 0.2) is 77.4 Å². The average molecular weight is 406 g/mol. The number of benzene rings is 2. The molecule has 0 radical (unpaired) electrons. The number of furan rings is 1. The lowest BCUT2D eigenvalue weighted by molar-refractivity contribution is -0.123. The minimum atomic E-state index is -1.04. The van der Waals surface area contributed by atoms with Crippen molar-refractivity contribution in [3.05, 3.63) is 90.1 Å². The molecule has 1 atom stereocenters. The van der Waals surface area contributed by atoms with Gasteiger partial charge in [-0.15, -0.1) is 0 Å². The van der Waals surface area contributed by atoms with Gasteiger partial charge in [-0.2, -0.15) is 0 Å². The minimum absolute atomic E-state index is 0.0225. The van der Waals surface area contributed by atoms with Gasteiger partial charge >= 0.3 is 0 Å². The van der Waals surface area contributed by atoms with Gasteiger partial charge in [0.1, 0.15) is 11.9 Å². The fourth-order valence-electron chi connectivity index (χ4n) is 3.94. The standard InChI is InChI=1S/C24H23FN2O3/c25-19-13-6-7-14-20(19)27(24(29)21-15-8-16-30-21)22(17-9-2-1-3-10-17)23(28)26-18-11-4-5-12-18/h1-3,6-10,13-16,18,22H,4-5,11-12H2,(H,26,28)/t22-/m0/s1. The second-order valence-electron chi connectivity index (χ2n) is 7.41. The van der Waals surface area contributed by atoms with Crippen molar-refractivity contribution in [2.75, 3.05) is 4.90 Å². The van der Waals surface area contributed by atoms with Gasteiger partial charge in [-0.1, -0.05) is 55.3 Å². The van der Waals surface area contributed by atoms with Gasteiger partial charge in [0, 0.05) is 6.04 Å². The van der Waals surface area contributed by atoms with Gasteiger partial charge in [-0.25, -0.2) is 4.39 Å². The summed E-state index contributed by atoms with van der Waals surface area (Å²) in [5.41, 5.74) is 0.616. The van der Waals surface area contributed by atoms with Crippen molar-refractivity contribution in [2.45, 2.75) is 37.8 Å². The van der Waals surface area contributed by atoms with E-state index in [1.54, 1.807) is 42.5 Å². The molecule has 0 spiro atoms. The number of hydrogen-bond donors (Lipinski definition) is 1. The molecular weight excluding hydrogens is 383 g/mol. The summed E-state index contributed by atoms with van der Waals surface area (Å²) in [7, 11) is 0. The second-order valence-corrected chi connectivity index (χ2v) is 7.41. The molecule has 2 aromatic carbocycles. The predicted octanol–water partition coefficient (Wildman–Crippen LogP) is 4.87. The van der Waals surface area contributed by atoms with Gasteiger partial charge in [0.2, 0.25) is 5.91 Å². The Kier molecular flexibility index (Phi) is 5.93. The molecule has 1 aliphatic carbocycles. The number of halogens is 1. The summed E-state index contributed by atoms with van der Waals surface area (Å²) in [6.45, 7) is 0. The van der Waals surface area contributed by atoms with Crippen LogP contribution in [0.3, 0.4) is 0 Å². The smallest absolute Gasteiger partial charge is 0.295 e. The van der Waals surface area contributed by atoms with Gasteiger partial charge in [0.05, 0.1) is 12.0 Å². The van der Waals surface area contributed by atoms with Crippen molar-refractivity contribution >= 4 is 17.5 Å². The fraction of sp³-hybridized carbons (Fsp3) is 0.250. The van der Waals surface area contributed by atoms with Crippen LogP contribution >= 0.6 is 0 Å². The van der Waals surface area contributed by atoms with Crippen molar-refractivity contribution < 1.29 is 18.4 Å². The van der Waals surface area contributed by atoms with Crippen molar-refractivity contribution in [1.82, 2.24) is 5.32 Å². The van der Waals surface area contributed by atoms with E-state index in [0.29, 0.717) is 5.56 Å². The zero-order chi connectivity index (χ0) is 20.9. The molecule has 30 heavy (non-hydrogen) atoms. The summed E-state index contributed by atoms with van der Waals surface area (Å²) in [6, 6.07) is 17.0. The lowest BCUT2D eigenvalue weighted by Gasteiger charge is -2.32. The molecule has 0 saturated heterocycles. The SMILES string of the molecule is O=C(NC1CCCC1)[C@H](c1ccccc1)N(C(=O)c1ccco1)c1ccccc1F. The molecule has 0 unspecified atom stereocenters. The number of anilines is 1. The van der Waals surface area contributed by atoms with E-state index >= 15 is 0 Å². The van der Waals surface area contributed by atoms with E-state index in [-0.39, 0.29) is 23.4 Å². The Morgan fingerprint density at radius 1 is 0.967 bits per heavy atom. The Bertz CT molecular complexity index is 998. The number of nitrogens with zero attached hydrogens (tertiary/aromatic N) is 1. The third-order valence-electron chi connectivity index (χ3n) is 5.39. The van der Waals surface area contributed by atoms with Crippen molar-refractivity contribution in [2.24, 2.45) is 0 Å². The highest BCUT2D eigenvalue weighted by molar-refractivity contribution is 6.08. The second kappa shape index (κ2) is 8.95. The third kappa shape index (κ3) is 4.13. The van der Waals surface area contributed by atoms with Crippen LogP contribution in [-0.4, -0.2) is 17.9 Å². The van der Waals surface area contributed by atoms with Crippen LogP contribution in [0, 0.1) is 5.82 Å². The molecule has 1 aromatic heterocycles. The van der Waals surface area contributed by atoms with E-state index in [1.165, 1.54) is 29.4 Å². The summed E-state index contributed by atoms with van der Waals surface area (Å²) in [5.74, 6) is -1.48. The highest BCUT2D eigenvalue weighted by Crippen LogP contribution is 2.32. The Labute approximate surface area is 174 Å². The van der Waals surface area contributed by atoms with Gasteiger partial charge in [-0.05, 0) is 42.7 Å². The first kappa shape index (κ1) is 19.9. The van der Waals surface area contributed by atoms with Crippen LogP contribution in [0.1, 0.15) is 47.8 Å². The third-order valence-corrected chi connectivity index (χ3v) is 5.39. The molecule has 1 saturated carbocycles. The maximum Gasteiger partial charge on any atom is 0.295 e. The molecule has 0 aliphatic heterocycles. The quantitative estimate of drug-likeness (QED) is 0.636. The monoisotopic (exact) mass is 406 g/mol. The first-order chi connectivity index (χ1) is 14.6. The summed E-state index contributed by atoms with van der Waals surface area (Å²) in [4.78, 5) is 28.0. The maximum absolute atomic E-state index is 14.8. The van der Waals surface area contributed by atoms with E-state index in [9.17, 15) is 14.0 Å². The molecule has 2 amide bonds. The number of rotatable bonds is 6. The summed E-state index contributed by atoms with van der Waals surface area (Å²) in [6.07, 6.45) is 5.30. The lowest BCUT2D eigenvalue weighted by atomic mass is 10.0. The topological polar surface area (TPSA) is 62.6 Å². The molecule has 4 rings (SSSR count). The number of hydrogen-bond acceptors (Lipinski definition) is 3. The minimum Gasteiger partial charge on any atom is -0.459 e. The number of carbonyl (C=O) groups excluding carboxylic acids is 2. The zero-order valence-corrected chi connectivity index (χ0v) is 16.5. The number of nitrogens with one attached hydrogen (secondary N) is 1. The van der Waals surface area contributed by atoms with Crippen molar-refractivity contribution in [1.29, 1.82) is 0 Å². The van der Waals surface area contributed by atoms with Gasteiger partial charge in [-0.3, -0.25) is 14.5 Å². The van der Waals surface area contributed by atoms with Crippen molar-refractivity contribution in [3.63, 3.8) is 0 Å². The predicted molar refractivity (Wildman–Crippen MR) is 111 cm³/mol. The normalized spacial score (nSPS) is 15.0. The molecule has 6 heteroatoms. The first-order valence-electron chi connectivity index (χ1n) is 10.1. The van der Waals surface area contributed by atoms with Gasteiger partial charge in [0.15, 0.2) is 5.76 Å². The van der Waals surface area contributed by atoms with Crippen LogP contribution in [0.5, 0.6) is 0 Å². The van der Waals surface area contributed by atoms with Gasteiger partial charge < -0.3 is 9.73 Å². The highest BCUT2D eigenvalue weighted by atomic mass is 19.1. The van der Waals surface area contributed by atoms with E-state index in [2.05, 4.69) is 5.32 Å². The van der Waals surface area contributed by atoms with Crippen molar-refractivity contribution in [3.8, 4) is 0 Å². The Balaban J connectivity index is 1.80. The van der Waals surface area contributed by atoms with Crippen LogP contribution in [-0.2, 0) is 4.79 Å². The maximum atomic E-state index is 14.8. The molecule has 1 fully saturated rings. The highest BCUT2D eigenvalue weighted by Gasteiger charge is 2.36. The number of para-hydroxylation sites is 1. The summed E-state index contributed by atoms with van der Waals surface area (Å²) < 4.78 is 20.1. The molecular formula is C24H23FN2O3.